The highest BCUT2D eigenvalue weighted by molar-refractivity contribution is 5.89. The first-order chi connectivity index (χ1) is 7.76. The van der Waals surface area contributed by atoms with Crippen molar-refractivity contribution in [1.29, 1.82) is 0 Å². The van der Waals surface area contributed by atoms with Gasteiger partial charge < -0.3 is 14.8 Å². The van der Waals surface area contributed by atoms with Crippen LogP contribution in [0.2, 0.25) is 0 Å². The highest BCUT2D eigenvalue weighted by atomic mass is 16.5. The van der Waals surface area contributed by atoms with Crippen molar-refractivity contribution in [3.63, 3.8) is 0 Å². The van der Waals surface area contributed by atoms with Gasteiger partial charge in [-0.1, -0.05) is 6.92 Å². The minimum atomic E-state index is -0.0950. The Balaban J connectivity index is 2.44. The average molecular weight is 225 g/mol. The molecule has 0 unspecified atom stereocenters. The van der Waals surface area contributed by atoms with Crippen molar-refractivity contribution in [2.75, 3.05) is 25.6 Å². The van der Waals surface area contributed by atoms with Gasteiger partial charge in [0.2, 0.25) is 11.8 Å². The lowest BCUT2D eigenvalue weighted by atomic mass is 10.4. The number of nitrogens with zero attached hydrogens (tertiary/aromatic N) is 2. The number of carbonyl (C=O) groups excluding carboxylic acids is 1. The summed E-state index contributed by atoms with van der Waals surface area (Å²) in [4.78, 5) is 19.0. The summed E-state index contributed by atoms with van der Waals surface area (Å²) in [6.45, 7) is 2.69. The zero-order valence-electron chi connectivity index (χ0n) is 9.40. The zero-order chi connectivity index (χ0) is 11.8. The topological polar surface area (TPSA) is 73.3 Å². The third-order valence-corrected chi connectivity index (χ3v) is 1.75. The molecule has 0 atom stereocenters. The summed E-state index contributed by atoms with van der Waals surface area (Å²) in [5.41, 5.74) is 0. The number of rotatable bonds is 6. The van der Waals surface area contributed by atoms with Crippen LogP contribution in [-0.4, -0.2) is 36.2 Å². The van der Waals surface area contributed by atoms with E-state index in [0.717, 1.165) is 0 Å². The molecule has 0 aliphatic heterocycles. The van der Waals surface area contributed by atoms with E-state index in [1.165, 1.54) is 12.4 Å². The second-order valence-corrected chi connectivity index (χ2v) is 2.98. The largest absolute Gasteiger partial charge is 0.474 e. The molecular weight excluding hydrogens is 210 g/mol. The van der Waals surface area contributed by atoms with Gasteiger partial charge in [0.05, 0.1) is 19.0 Å². The first-order valence-electron chi connectivity index (χ1n) is 5.00. The molecule has 1 aromatic heterocycles. The van der Waals surface area contributed by atoms with Crippen molar-refractivity contribution in [3.8, 4) is 5.88 Å². The van der Waals surface area contributed by atoms with Crippen molar-refractivity contribution in [1.82, 2.24) is 9.97 Å². The molecule has 0 bridgehead atoms. The van der Waals surface area contributed by atoms with Gasteiger partial charge in [0.1, 0.15) is 6.61 Å². The molecule has 1 N–H and O–H groups in total. The molecule has 1 amide bonds. The maximum atomic E-state index is 11.1. The van der Waals surface area contributed by atoms with E-state index in [-0.39, 0.29) is 5.91 Å². The Morgan fingerprint density at radius 2 is 2.19 bits per heavy atom. The third kappa shape index (κ3) is 4.22. The summed E-state index contributed by atoms with van der Waals surface area (Å²) in [7, 11) is 1.60. The van der Waals surface area contributed by atoms with Crippen LogP contribution in [0.3, 0.4) is 0 Å². The number of carbonyl (C=O) groups is 1. The summed E-state index contributed by atoms with van der Waals surface area (Å²) < 4.78 is 10.0. The van der Waals surface area contributed by atoms with Gasteiger partial charge in [-0.05, 0) is 0 Å². The van der Waals surface area contributed by atoms with Gasteiger partial charge in [0.25, 0.3) is 0 Å². The number of aromatic nitrogens is 2. The fourth-order valence-corrected chi connectivity index (χ4v) is 0.916. The molecular formula is C10H15N3O3. The number of nitrogens with one attached hydrogen (secondary N) is 1. The summed E-state index contributed by atoms with van der Waals surface area (Å²) >= 11 is 0. The summed E-state index contributed by atoms with van der Waals surface area (Å²) in [5.74, 6) is 0.736. The maximum absolute atomic E-state index is 11.1. The lowest BCUT2D eigenvalue weighted by Gasteiger charge is -2.05. The van der Waals surface area contributed by atoms with Gasteiger partial charge in [-0.25, -0.2) is 9.97 Å². The van der Waals surface area contributed by atoms with E-state index in [9.17, 15) is 4.79 Å². The van der Waals surface area contributed by atoms with Crippen molar-refractivity contribution in [2.45, 2.75) is 13.3 Å². The quantitative estimate of drug-likeness (QED) is 0.726. The van der Waals surface area contributed by atoms with Crippen molar-refractivity contribution in [3.05, 3.63) is 12.4 Å². The average Bonchev–Trinajstić information content (AvgIpc) is 2.31. The second-order valence-electron chi connectivity index (χ2n) is 2.98. The molecule has 1 heterocycles. The molecule has 6 nitrogen and oxygen atoms in total. The molecule has 16 heavy (non-hydrogen) atoms. The van der Waals surface area contributed by atoms with Crippen LogP contribution in [0.4, 0.5) is 5.82 Å². The van der Waals surface area contributed by atoms with Crippen molar-refractivity contribution < 1.29 is 14.3 Å². The van der Waals surface area contributed by atoms with Crippen LogP contribution in [0.15, 0.2) is 12.4 Å². The van der Waals surface area contributed by atoms with Crippen LogP contribution >= 0.6 is 0 Å². The molecule has 0 aliphatic carbocycles. The maximum Gasteiger partial charge on any atom is 0.232 e. The van der Waals surface area contributed by atoms with E-state index < -0.39 is 0 Å². The van der Waals surface area contributed by atoms with E-state index >= 15 is 0 Å². The fraction of sp³-hybridized carbons (Fsp3) is 0.500. The SMILES string of the molecule is CCC(=O)Nc1cnc(OCCOC)cn1. The lowest BCUT2D eigenvalue weighted by Crippen LogP contribution is -2.11. The monoisotopic (exact) mass is 225 g/mol. The molecule has 0 aromatic carbocycles. The van der Waals surface area contributed by atoms with Crippen molar-refractivity contribution in [2.24, 2.45) is 0 Å². The van der Waals surface area contributed by atoms with Gasteiger partial charge in [-0.2, -0.15) is 0 Å². The summed E-state index contributed by atoms with van der Waals surface area (Å²) in [6.07, 6.45) is 3.32. The predicted octanol–water partition coefficient (Wildman–Crippen LogP) is 0.850. The predicted molar refractivity (Wildman–Crippen MR) is 58.3 cm³/mol. The van der Waals surface area contributed by atoms with Crippen molar-refractivity contribution >= 4 is 11.7 Å². The first kappa shape index (κ1) is 12.4. The van der Waals surface area contributed by atoms with Crippen LogP contribution in [0.25, 0.3) is 0 Å². The smallest absolute Gasteiger partial charge is 0.232 e. The summed E-state index contributed by atoms with van der Waals surface area (Å²) in [5, 5.41) is 2.59. The Bertz CT molecular complexity index is 327. The molecule has 0 fully saturated rings. The lowest BCUT2D eigenvalue weighted by molar-refractivity contribution is -0.115. The first-order valence-corrected chi connectivity index (χ1v) is 5.00. The fourth-order valence-electron chi connectivity index (χ4n) is 0.916. The van der Waals surface area contributed by atoms with Gasteiger partial charge in [0, 0.05) is 13.5 Å². The highest BCUT2D eigenvalue weighted by Gasteiger charge is 2.01. The van der Waals surface area contributed by atoms with Gasteiger partial charge >= 0.3 is 0 Å². The van der Waals surface area contributed by atoms with Gasteiger partial charge in [0.15, 0.2) is 5.82 Å². The van der Waals surface area contributed by atoms with Crippen LogP contribution in [-0.2, 0) is 9.53 Å². The molecule has 0 spiro atoms. The van der Waals surface area contributed by atoms with Gasteiger partial charge in [-0.3, -0.25) is 4.79 Å². The van der Waals surface area contributed by atoms with Crippen LogP contribution in [0, 0.1) is 0 Å². The number of ether oxygens (including phenoxy) is 2. The molecule has 1 aromatic rings. The number of hydrogen-bond acceptors (Lipinski definition) is 5. The van der Waals surface area contributed by atoms with Gasteiger partial charge in [-0.15, -0.1) is 0 Å². The number of methoxy groups -OCH3 is 1. The number of hydrogen-bond donors (Lipinski definition) is 1. The minimum absolute atomic E-state index is 0.0950. The van der Waals surface area contributed by atoms with E-state index in [2.05, 4.69) is 15.3 Å². The molecule has 0 aliphatic rings. The van der Waals surface area contributed by atoms with E-state index in [1.54, 1.807) is 14.0 Å². The molecule has 0 radical (unpaired) electrons. The van der Waals surface area contributed by atoms with Crippen LogP contribution in [0.1, 0.15) is 13.3 Å². The van der Waals surface area contributed by atoms with E-state index in [4.69, 9.17) is 9.47 Å². The Labute approximate surface area is 94.0 Å². The minimum Gasteiger partial charge on any atom is -0.474 e. The van der Waals surface area contributed by atoms with E-state index in [0.29, 0.717) is 31.3 Å². The normalized spacial score (nSPS) is 9.88. The third-order valence-electron chi connectivity index (χ3n) is 1.75. The molecule has 1 rings (SSSR count). The zero-order valence-corrected chi connectivity index (χ0v) is 9.40. The Hall–Kier alpha value is -1.69. The Morgan fingerprint density at radius 3 is 2.75 bits per heavy atom. The molecule has 0 saturated carbocycles. The van der Waals surface area contributed by atoms with Crippen LogP contribution in [0.5, 0.6) is 5.88 Å². The Morgan fingerprint density at radius 1 is 1.38 bits per heavy atom. The Kier molecular flexibility index (Phi) is 5.21. The summed E-state index contributed by atoms with van der Waals surface area (Å²) in [6, 6.07) is 0. The standard InChI is InChI=1S/C10H15N3O3/c1-3-9(14)13-8-6-12-10(7-11-8)16-5-4-15-2/h6-7H,3-5H2,1-2H3,(H,11,13,14). The second kappa shape index (κ2) is 6.73. The molecule has 0 saturated heterocycles. The van der Waals surface area contributed by atoms with Crippen LogP contribution < -0.4 is 10.1 Å². The molecule has 88 valence electrons. The van der Waals surface area contributed by atoms with E-state index in [1.807, 2.05) is 0 Å². The number of amides is 1. The number of anilines is 1. The molecule has 6 heteroatoms. The highest BCUT2D eigenvalue weighted by Crippen LogP contribution is 2.07.